The van der Waals surface area contributed by atoms with Crippen molar-refractivity contribution >= 4 is 10.9 Å². The summed E-state index contributed by atoms with van der Waals surface area (Å²) in [4.78, 5) is 0. The number of aromatic hydroxyl groups is 2. The van der Waals surface area contributed by atoms with Crippen LogP contribution in [-0.2, 0) is 6.54 Å². The zero-order valence-corrected chi connectivity index (χ0v) is 17.2. The first-order valence-corrected chi connectivity index (χ1v) is 10.0. The van der Waals surface area contributed by atoms with E-state index in [1.807, 2.05) is 43.4 Å². The molecule has 0 spiro atoms. The zero-order valence-electron chi connectivity index (χ0n) is 17.2. The fourth-order valence-electron chi connectivity index (χ4n) is 3.81. The largest absolute Gasteiger partial charge is 0.508 e. The van der Waals surface area contributed by atoms with E-state index in [2.05, 4.69) is 28.9 Å². The topological polar surface area (TPSA) is 66.7 Å². The lowest BCUT2D eigenvalue weighted by molar-refractivity contribution is 0.318. The van der Waals surface area contributed by atoms with Gasteiger partial charge < -0.3 is 24.8 Å². The Kier molecular flexibility index (Phi) is 5.63. The highest BCUT2D eigenvalue weighted by molar-refractivity contribution is 5.92. The fourth-order valence-corrected chi connectivity index (χ4v) is 3.81. The summed E-state index contributed by atoms with van der Waals surface area (Å²) in [5, 5.41) is 23.8. The standard InChI is InChI=1S/C25H26N2O3/c1-17-23-15-21(29)9-12-24(23)27(25(17)19-5-7-20(28)8-6-19)16-18-3-10-22(11-4-18)30-14-13-26-2/h3-12,15,26,28-29H,13-14,16H2,1-2H3. The fraction of sp³-hybridized carbons (Fsp3) is 0.200. The Bertz CT molecular complexity index is 1150. The maximum Gasteiger partial charge on any atom is 0.119 e. The van der Waals surface area contributed by atoms with Crippen molar-refractivity contribution in [3.63, 3.8) is 0 Å². The molecule has 5 heteroatoms. The van der Waals surface area contributed by atoms with E-state index in [9.17, 15) is 10.2 Å². The molecule has 0 amide bonds. The molecule has 1 aromatic heterocycles. The highest BCUT2D eigenvalue weighted by Crippen LogP contribution is 2.36. The molecule has 0 fully saturated rings. The first kappa shape index (κ1) is 19.9. The van der Waals surface area contributed by atoms with E-state index in [1.165, 1.54) is 0 Å². The molecule has 0 saturated heterocycles. The van der Waals surface area contributed by atoms with Gasteiger partial charge in [0, 0.05) is 24.0 Å². The number of hydrogen-bond acceptors (Lipinski definition) is 4. The number of aromatic nitrogens is 1. The van der Waals surface area contributed by atoms with Crippen LogP contribution in [0.25, 0.3) is 22.2 Å². The van der Waals surface area contributed by atoms with Crippen LogP contribution in [0.4, 0.5) is 0 Å². The van der Waals surface area contributed by atoms with Gasteiger partial charge in [0.25, 0.3) is 0 Å². The van der Waals surface area contributed by atoms with Crippen molar-refractivity contribution in [2.24, 2.45) is 0 Å². The van der Waals surface area contributed by atoms with Crippen LogP contribution in [0.2, 0.25) is 0 Å². The number of aryl methyl sites for hydroxylation is 1. The zero-order chi connectivity index (χ0) is 21.1. The first-order chi connectivity index (χ1) is 14.6. The third-order valence-electron chi connectivity index (χ3n) is 5.33. The third kappa shape index (κ3) is 3.98. The van der Waals surface area contributed by atoms with Gasteiger partial charge in [0.05, 0.1) is 5.69 Å². The average Bonchev–Trinajstić information content (AvgIpc) is 3.01. The average molecular weight is 402 g/mol. The lowest BCUT2D eigenvalue weighted by Gasteiger charge is -2.13. The van der Waals surface area contributed by atoms with Crippen molar-refractivity contribution in [3.8, 4) is 28.5 Å². The van der Waals surface area contributed by atoms with E-state index in [-0.39, 0.29) is 11.5 Å². The maximum absolute atomic E-state index is 10.0. The van der Waals surface area contributed by atoms with Crippen LogP contribution in [-0.4, -0.2) is 35.0 Å². The predicted molar refractivity (Wildman–Crippen MR) is 120 cm³/mol. The number of ether oxygens (including phenoxy) is 1. The number of fused-ring (bicyclic) bond motifs is 1. The molecular weight excluding hydrogens is 376 g/mol. The number of phenolic OH excluding ortho intramolecular Hbond substituents is 2. The summed E-state index contributed by atoms with van der Waals surface area (Å²) in [5.41, 5.74) is 5.40. The van der Waals surface area contributed by atoms with Crippen molar-refractivity contribution in [1.82, 2.24) is 9.88 Å². The van der Waals surface area contributed by atoms with E-state index in [1.54, 1.807) is 18.2 Å². The van der Waals surface area contributed by atoms with E-state index in [4.69, 9.17) is 4.74 Å². The van der Waals surface area contributed by atoms with Gasteiger partial charge in [-0.3, -0.25) is 0 Å². The second kappa shape index (κ2) is 8.51. The van der Waals surface area contributed by atoms with Gasteiger partial charge in [-0.05, 0) is 85.3 Å². The van der Waals surface area contributed by atoms with Crippen LogP contribution in [0.3, 0.4) is 0 Å². The molecule has 0 atom stereocenters. The number of rotatable bonds is 7. The lowest BCUT2D eigenvalue weighted by Crippen LogP contribution is -2.15. The minimum Gasteiger partial charge on any atom is -0.508 e. The summed E-state index contributed by atoms with van der Waals surface area (Å²) in [6.07, 6.45) is 0. The summed E-state index contributed by atoms with van der Waals surface area (Å²) in [6.45, 7) is 4.19. The van der Waals surface area contributed by atoms with Crippen LogP contribution >= 0.6 is 0 Å². The van der Waals surface area contributed by atoms with Crippen molar-refractivity contribution in [2.75, 3.05) is 20.2 Å². The second-order valence-electron chi connectivity index (χ2n) is 7.40. The van der Waals surface area contributed by atoms with Gasteiger partial charge in [0.15, 0.2) is 0 Å². The van der Waals surface area contributed by atoms with Gasteiger partial charge in [-0.1, -0.05) is 12.1 Å². The molecule has 3 N–H and O–H groups in total. The van der Waals surface area contributed by atoms with Gasteiger partial charge in [-0.2, -0.15) is 0 Å². The SMILES string of the molecule is CNCCOc1ccc(Cn2c(-c3ccc(O)cc3)c(C)c3cc(O)ccc32)cc1. The quantitative estimate of drug-likeness (QED) is 0.393. The highest BCUT2D eigenvalue weighted by Gasteiger charge is 2.17. The normalized spacial score (nSPS) is 11.1. The number of phenols is 2. The summed E-state index contributed by atoms with van der Waals surface area (Å²) in [6, 6.07) is 20.9. The van der Waals surface area contributed by atoms with Crippen LogP contribution in [0.15, 0.2) is 66.7 Å². The van der Waals surface area contributed by atoms with Crippen molar-refractivity contribution in [3.05, 3.63) is 77.9 Å². The van der Waals surface area contributed by atoms with Gasteiger partial charge >= 0.3 is 0 Å². The molecule has 4 aromatic rings. The Balaban J connectivity index is 1.74. The summed E-state index contributed by atoms with van der Waals surface area (Å²) in [7, 11) is 1.90. The molecule has 0 bridgehead atoms. The predicted octanol–water partition coefficient (Wildman–Crippen LogP) is 4.67. The van der Waals surface area contributed by atoms with Gasteiger partial charge in [-0.25, -0.2) is 0 Å². The van der Waals surface area contributed by atoms with Gasteiger partial charge in [0.2, 0.25) is 0 Å². The van der Waals surface area contributed by atoms with Crippen molar-refractivity contribution in [2.45, 2.75) is 13.5 Å². The van der Waals surface area contributed by atoms with Crippen LogP contribution in [0.5, 0.6) is 17.2 Å². The molecule has 0 saturated carbocycles. The molecule has 0 unspecified atom stereocenters. The molecule has 5 nitrogen and oxygen atoms in total. The Hall–Kier alpha value is -3.44. The molecule has 0 aliphatic rings. The van der Waals surface area contributed by atoms with Gasteiger partial charge in [0.1, 0.15) is 23.9 Å². The summed E-state index contributed by atoms with van der Waals surface area (Å²) >= 11 is 0. The van der Waals surface area contributed by atoms with Crippen LogP contribution < -0.4 is 10.1 Å². The smallest absolute Gasteiger partial charge is 0.119 e. The van der Waals surface area contributed by atoms with Crippen LogP contribution in [0.1, 0.15) is 11.1 Å². The van der Waals surface area contributed by atoms with E-state index in [0.29, 0.717) is 13.2 Å². The van der Waals surface area contributed by atoms with E-state index < -0.39 is 0 Å². The summed E-state index contributed by atoms with van der Waals surface area (Å²) < 4.78 is 7.98. The Morgan fingerprint density at radius 1 is 0.900 bits per heavy atom. The van der Waals surface area contributed by atoms with Crippen molar-refractivity contribution in [1.29, 1.82) is 0 Å². The Morgan fingerprint density at radius 3 is 2.30 bits per heavy atom. The number of nitrogens with zero attached hydrogens (tertiary/aromatic N) is 1. The molecule has 0 aliphatic heterocycles. The molecule has 30 heavy (non-hydrogen) atoms. The minimum absolute atomic E-state index is 0.241. The second-order valence-corrected chi connectivity index (χ2v) is 7.40. The number of benzene rings is 3. The van der Waals surface area contributed by atoms with Crippen LogP contribution in [0, 0.1) is 6.92 Å². The molecule has 4 rings (SSSR count). The lowest BCUT2D eigenvalue weighted by atomic mass is 10.1. The van der Waals surface area contributed by atoms with E-state index in [0.717, 1.165) is 45.6 Å². The molecule has 1 heterocycles. The first-order valence-electron chi connectivity index (χ1n) is 10.0. The highest BCUT2D eigenvalue weighted by atomic mass is 16.5. The van der Waals surface area contributed by atoms with Crippen molar-refractivity contribution < 1.29 is 14.9 Å². The van der Waals surface area contributed by atoms with E-state index >= 15 is 0 Å². The summed E-state index contributed by atoms with van der Waals surface area (Å²) in [5.74, 6) is 1.35. The third-order valence-corrected chi connectivity index (χ3v) is 5.33. The molecule has 3 aromatic carbocycles. The maximum atomic E-state index is 10.0. The Morgan fingerprint density at radius 2 is 1.60 bits per heavy atom. The number of nitrogens with one attached hydrogen (secondary N) is 1. The monoisotopic (exact) mass is 402 g/mol. The Labute approximate surface area is 176 Å². The number of likely N-dealkylation sites (N-methyl/N-ethyl adjacent to an activating group) is 1. The number of hydrogen-bond donors (Lipinski definition) is 3. The van der Waals surface area contributed by atoms with Gasteiger partial charge in [-0.15, -0.1) is 0 Å². The minimum atomic E-state index is 0.241. The molecule has 0 radical (unpaired) electrons. The molecular formula is C25H26N2O3. The molecule has 0 aliphatic carbocycles. The molecule has 154 valence electrons.